The Kier molecular flexibility index (Phi) is 9.58. The minimum absolute atomic E-state index is 0.263. The highest BCUT2D eigenvalue weighted by molar-refractivity contribution is 8.41. The Hall–Kier alpha value is 1.01. The molecule has 1 atom stereocenters. The molecule has 0 spiro atoms. The van der Waals surface area contributed by atoms with Crippen molar-refractivity contribution in [2.75, 3.05) is 19.8 Å². The van der Waals surface area contributed by atoms with E-state index in [-0.39, 0.29) is 5.16 Å². The number of hydrogen-bond acceptors (Lipinski definition) is 5. The van der Waals surface area contributed by atoms with E-state index in [2.05, 4.69) is 31.1 Å². The average molecular weight is 301 g/mol. The van der Waals surface area contributed by atoms with Gasteiger partial charge in [0.05, 0.1) is 0 Å². The highest BCUT2D eigenvalue weighted by Crippen LogP contribution is 2.34. The molecular formula is C9H24O3S2Si2. The first-order valence-corrected chi connectivity index (χ1v) is 12.5. The molecule has 0 radical (unpaired) electrons. The normalized spacial score (nSPS) is 14.4. The van der Waals surface area contributed by atoms with E-state index in [0.717, 1.165) is 6.42 Å². The van der Waals surface area contributed by atoms with Crippen molar-refractivity contribution < 1.29 is 13.3 Å². The van der Waals surface area contributed by atoms with Crippen LogP contribution in [0.3, 0.4) is 0 Å². The molecule has 0 amide bonds. The van der Waals surface area contributed by atoms with Gasteiger partial charge >= 0.3 is 8.80 Å². The number of rotatable bonds is 9. The largest absolute Gasteiger partial charge is 0.502 e. The van der Waals surface area contributed by atoms with Crippen LogP contribution in [-0.4, -0.2) is 35.7 Å². The van der Waals surface area contributed by atoms with Crippen molar-refractivity contribution >= 4 is 40.1 Å². The van der Waals surface area contributed by atoms with Crippen molar-refractivity contribution in [1.29, 1.82) is 0 Å². The van der Waals surface area contributed by atoms with Gasteiger partial charge in [-0.15, -0.1) is 0 Å². The zero-order valence-corrected chi connectivity index (χ0v) is 14.5. The maximum Gasteiger partial charge on any atom is 0.502 e. The summed E-state index contributed by atoms with van der Waals surface area (Å²) in [6.45, 7) is 9.89. The Balaban J connectivity index is 4.93. The van der Waals surface area contributed by atoms with Crippen LogP contribution < -0.4 is 0 Å². The molecule has 7 heteroatoms. The third kappa shape index (κ3) is 4.71. The van der Waals surface area contributed by atoms with Crippen molar-refractivity contribution in [1.82, 2.24) is 0 Å². The summed E-state index contributed by atoms with van der Waals surface area (Å²) in [6.07, 6.45) is 0.954. The van der Waals surface area contributed by atoms with Gasteiger partial charge in [0.1, 0.15) is 0 Å². The Morgan fingerprint density at radius 3 is 1.50 bits per heavy atom. The Morgan fingerprint density at radius 1 is 0.938 bits per heavy atom. The third-order valence-corrected chi connectivity index (χ3v) is 12.9. The fourth-order valence-electron chi connectivity index (χ4n) is 1.69. The van der Waals surface area contributed by atoms with Gasteiger partial charge in [-0.05, 0) is 27.2 Å². The SMILES string of the molecule is CCO[Si](OCC)(OCC)C(CC)[SiH](S)S. The van der Waals surface area contributed by atoms with Gasteiger partial charge in [-0.25, -0.2) is 0 Å². The van der Waals surface area contributed by atoms with E-state index in [4.69, 9.17) is 13.3 Å². The van der Waals surface area contributed by atoms with Crippen LogP contribution in [0.4, 0.5) is 0 Å². The Bertz CT molecular complexity index is 167. The molecule has 0 bridgehead atoms. The van der Waals surface area contributed by atoms with Gasteiger partial charge in [0.2, 0.25) is 0 Å². The van der Waals surface area contributed by atoms with E-state index in [9.17, 15) is 0 Å². The van der Waals surface area contributed by atoms with Crippen LogP contribution in [0.5, 0.6) is 0 Å². The topological polar surface area (TPSA) is 27.7 Å². The van der Waals surface area contributed by atoms with Gasteiger partial charge in [-0.3, -0.25) is 0 Å². The third-order valence-electron chi connectivity index (χ3n) is 2.29. The molecular weight excluding hydrogens is 276 g/mol. The van der Waals surface area contributed by atoms with Crippen LogP contribution in [0.15, 0.2) is 0 Å². The molecule has 0 fully saturated rings. The molecule has 0 heterocycles. The van der Waals surface area contributed by atoms with Gasteiger partial charge in [-0.2, -0.15) is 24.2 Å². The fraction of sp³-hybridized carbons (Fsp3) is 1.00. The summed E-state index contributed by atoms with van der Waals surface area (Å²) in [5, 5.41) is 0.263. The van der Waals surface area contributed by atoms with Gasteiger partial charge in [0, 0.05) is 25.0 Å². The van der Waals surface area contributed by atoms with Crippen LogP contribution in [0, 0.1) is 0 Å². The van der Waals surface area contributed by atoms with E-state index in [0.29, 0.717) is 19.8 Å². The van der Waals surface area contributed by atoms with Crippen LogP contribution in [-0.2, 0) is 13.3 Å². The van der Waals surface area contributed by atoms with Gasteiger partial charge in [0.15, 0.2) is 7.10 Å². The lowest BCUT2D eigenvalue weighted by atomic mass is 10.6. The Morgan fingerprint density at radius 2 is 1.31 bits per heavy atom. The van der Waals surface area contributed by atoms with Crippen molar-refractivity contribution in [3.8, 4) is 0 Å². The maximum atomic E-state index is 5.86. The zero-order valence-electron chi connectivity index (χ0n) is 10.6. The predicted molar refractivity (Wildman–Crippen MR) is 79.8 cm³/mol. The highest BCUT2D eigenvalue weighted by atomic mass is 32.5. The summed E-state index contributed by atoms with van der Waals surface area (Å²) in [4.78, 5) is 0. The predicted octanol–water partition coefficient (Wildman–Crippen LogP) is 2.43. The number of thiol groups is 2. The summed E-state index contributed by atoms with van der Waals surface area (Å²) >= 11 is 9.09. The van der Waals surface area contributed by atoms with E-state index in [1.807, 2.05) is 20.8 Å². The van der Waals surface area contributed by atoms with Crippen LogP contribution >= 0.6 is 24.2 Å². The summed E-state index contributed by atoms with van der Waals surface area (Å²) < 4.78 is 17.6. The van der Waals surface area contributed by atoms with Crippen molar-refractivity contribution in [3.63, 3.8) is 0 Å². The highest BCUT2D eigenvalue weighted by Gasteiger charge is 2.50. The first-order chi connectivity index (χ1) is 7.57. The van der Waals surface area contributed by atoms with Gasteiger partial charge in [-0.1, -0.05) is 6.92 Å². The standard InChI is InChI=1S/C9H24O3S2Si2/c1-5-9(15(13)14)16(10-6-2,11-7-3)12-8-4/h9,13-15H,5-8H2,1-4H3. The summed E-state index contributed by atoms with van der Waals surface area (Å²) in [7, 11) is -4.01. The van der Waals surface area contributed by atoms with Crippen LogP contribution in [0.25, 0.3) is 0 Å². The molecule has 3 nitrogen and oxygen atoms in total. The van der Waals surface area contributed by atoms with Crippen molar-refractivity contribution in [2.45, 2.75) is 39.3 Å². The summed E-state index contributed by atoms with van der Waals surface area (Å²) in [5.74, 6) is 0. The lowest BCUT2D eigenvalue weighted by Gasteiger charge is -2.35. The molecule has 0 saturated carbocycles. The van der Waals surface area contributed by atoms with Crippen LogP contribution in [0.1, 0.15) is 34.1 Å². The molecule has 1 unspecified atom stereocenters. The molecule has 0 aliphatic carbocycles. The maximum absolute atomic E-state index is 5.86. The summed E-state index contributed by atoms with van der Waals surface area (Å²) in [6, 6.07) is 0. The average Bonchev–Trinajstić information content (AvgIpc) is 2.19. The molecule has 0 aliphatic rings. The minimum Gasteiger partial charge on any atom is -0.374 e. The number of hydrogen-bond donors (Lipinski definition) is 2. The van der Waals surface area contributed by atoms with Crippen molar-refractivity contribution in [2.24, 2.45) is 0 Å². The molecule has 0 N–H and O–H groups in total. The van der Waals surface area contributed by atoms with Gasteiger partial charge < -0.3 is 13.3 Å². The van der Waals surface area contributed by atoms with Crippen LogP contribution in [0.2, 0.25) is 5.16 Å². The fourth-order valence-corrected chi connectivity index (χ4v) is 11.6. The molecule has 0 saturated heterocycles. The lowest BCUT2D eigenvalue weighted by molar-refractivity contribution is 0.0675. The van der Waals surface area contributed by atoms with E-state index < -0.39 is 15.9 Å². The molecule has 98 valence electrons. The molecule has 16 heavy (non-hydrogen) atoms. The first-order valence-electron chi connectivity index (χ1n) is 5.85. The minimum atomic E-state index is -2.58. The molecule has 0 rings (SSSR count). The smallest absolute Gasteiger partial charge is 0.374 e. The van der Waals surface area contributed by atoms with E-state index >= 15 is 0 Å². The second-order valence-electron chi connectivity index (χ2n) is 3.33. The molecule has 0 aromatic rings. The summed E-state index contributed by atoms with van der Waals surface area (Å²) in [5.41, 5.74) is 0. The monoisotopic (exact) mass is 300 g/mol. The molecule has 0 aromatic heterocycles. The molecule has 0 aliphatic heterocycles. The van der Waals surface area contributed by atoms with E-state index in [1.54, 1.807) is 0 Å². The lowest BCUT2D eigenvalue weighted by Crippen LogP contribution is -2.53. The second kappa shape index (κ2) is 9.01. The molecule has 0 aromatic carbocycles. The van der Waals surface area contributed by atoms with E-state index in [1.165, 1.54) is 0 Å². The quantitative estimate of drug-likeness (QED) is 0.506. The van der Waals surface area contributed by atoms with Crippen molar-refractivity contribution in [3.05, 3.63) is 0 Å². The van der Waals surface area contributed by atoms with Gasteiger partial charge in [0.25, 0.3) is 0 Å². The second-order valence-corrected chi connectivity index (χ2v) is 13.0. The first kappa shape index (κ1) is 17.0. The zero-order chi connectivity index (χ0) is 12.6. The Labute approximate surface area is 112 Å².